The standard InChI is InChI=1S/C15H30N2/c1-13(17(2)12-14-7-6-8-14)11-16-15-9-4-3-5-10-15/h13-16H,3-12H2,1-2H3. The van der Waals surface area contributed by atoms with Gasteiger partial charge in [-0.2, -0.15) is 0 Å². The quantitative estimate of drug-likeness (QED) is 0.765. The summed E-state index contributed by atoms with van der Waals surface area (Å²) in [5, 5.41) is 3.77. The van der Waals surface area contributed by atoms with Crippen LogP contribution in [0.25, 0.3) is 0 Å². The number of hydrogen-bond acceptors (Lipinski definition) is 2. The lowest BCUT2D eigenvalue weighted by Crippen LogP contribution is -2.44. The zero-order chi connectivity index (χ0) is 12.1. The second-order valence-electron chi connectivity index (χ2n) is 6.33. The van der Waals surface area contributed by atoms with E-state index in [1.54, 1.807) is 0 Å². The minimum Gasteiger partial charge on any atom is -0.312 e. The molecule has 17 heavy (non-hydrogen) atoms. The maximum atomic E-state index is 3.77. The molecule has 0 amide bonds. The third-order valence-electron chi connectivity index (χ3n) is 4.83. The molecule has 0 aliphatic heterocycles. The summed E-state index contributed by atoms with van der Waals surface area (Å²) in [6.07, 6.45) is 11.5. The van der Waals surface area contributed by atoms with Crippen LogP contribution in [0.2, 0.25) is 0 Å². The first-order valence-corrected chi connectivity index (χ1v) is 7.69. The van der Waals surface area contributed by atoms with Crippen molar-refractivity contribution in [3.05, 3.63) is 0 Å². The van der Waals surface area contributed by atoms with Crippen molar-refractivity contribution in [1.82, 2.24) is 10.2 Å². The molecule has 0 spiro atoms. The molecule has 2 aliphatic rings. The van der Waals surface area contributed by atoms with Crippen LogP contribution in [-0.2, 0) is 0 Å². The second kappa shape index (κ2) is 6.75. The van der Waals surface area contributed by atoms with E-state index in [-0.39, 0.29) is 0 Å². The maximum absolute atomic E-state index is 3.77. The van der Waals surface area contributed by atoms with Crippen molar-refractivity contribution >= 4 is 0 Å². The van der Waals surface area contributed by atoms with Crippen LogP contribution in [0.3, 0.4) is 0 Å². The van der Waals surface area contributed by atoms with Crippen LogP contribution in [0.4, 0.5) is 0 Å². The molecular weight excluding hydrogens is 208 g/mol. The van der Waals surface area contributed by atoms with Crippen molar-refractivity contribution in [2.75, 3.05) is 20.1 Å². The van der Waals surface area contributed by atoms with Gasteiger partial charge in [-0.25, -0.2) is 0 Å². The highest BCUT2D eigenvalue weighted by Crippen LogP contribution is 2.27. The zero-order valence-electron chi connectivity index (χ0n) is 11.8. The molecule has 0 saturated heterocycles. The Labute approximate surface area is 107 Å². The Morgan fingerprint density at radius 3 is 2.35 bits per heavy atom. The molecule has 0 aromatic heterocycles. The SMILES string of the molecule is CC(CNC1CCCCC1)N(C)CC1CCC1. The molecule has 0 bridgehead atoms. The lowest BCUT2D eigenvalue weighted by atomic mass is 9.85. The first-order chi connectivity index (χ1) is 8.25. The molecule has 2 saturated carbocycles. The fraction of sp³-hybridized carbons (Fsp3) is 1.00. The lowest BCUT2D eigenvalue weighted by Gasteiger charge is -2.34. The van der Waals surface area contributed by atoms with Crippen LogP contribution in [0, 0.1) is 5.92 Å². The van der Waals surface area contributed by atoms with Crippen molar-refractivity contribution in [2.45, 2.75) is 70.4 Å². The molecule has 1 N–H and O–H groups in total. The highest BCUT2D eigenvalue weighted by molar-refractivity contribution is 4.78. The molecule has 0 aromatic rings. The molecule has 2 rings (SSSR count). The fourth-order valence-corrected chi connectivity index (χ4v) is 3.06. The van der Waals surface area contributed by atoms with Crippen LogP contribution in [0.15, 0.2) is 0 Å². The average molecular weight is 238 g/mol. The van der Waals surface area contributed by atoms with E-state index < -0.39 is 0 Å². The molecule has 1 unspecified atom stereocenters. The van der Waals surface area contributed by atoms with E-state index in [2.05, 4.69) is 24.2 Å². The molecule has 100 valence electrons. The van der Waals surface area contributed by atoms with Gasteiger partial charge in [0.25, 0.3) is 0 Å². The van der Waals surface area contributed by atoms with Gasteiger partial charge in [-0.3, -0.25) is 0 Å². The largest absolute Gasteiger partial charge is 0.312 e. The summed E-state index contributed by atoms with van der Waals surface area (Å²) < 4.78 is 0. The highest BCUT2D eigenvalue weighted by atomic mass is 15.1. The number of nitrogens with zero attached hydrogens (tertiary/aromatic N) is 1. The Morgan fingerprint density at radius 1 is 1.06 bits per heavy atom. The number of rotatable bonds is 6. The Hall–Kier alpha value is -0.0800. The van der Waals surface area contributed by atoms with Gasteiger partial charge in [0.15, 0.2) is 0 Å². The molecular formula is C15H30N2. The summed E-state index contributed by atoms with van der Waals surface area (Å²) >= 11 is 0. The molecule has 0 aromatic carbocycles. The fourth-order valence-electron chi connectivity index (χ4n) is 3.06. The topological polar surface area (TPSA) is 15.3 Å². The van der Waals surface area contributed by atoms with E-state index in [1.165, 1.54) is 64.5 Å². The van der Waals surface area contributed by atoms with Gasteiger partial charge in [0.1, 0.15) is 0 Å². The van der Waals surface area contributed by atoms with Crippen LogP contribution in [0.5, 0.6) is 0 Å². The predicted octanol–water partition coefficient (Wildman–Crippen LogP) is 3.03. The molecule has 1 atom stereocenters. The van der Waals surface area contributed by atoms with Gasteiger partial charge >= 0.3 is 0 Å². The summed E-state index contributed by atoms with van der Waals surface area (Å²) in [6.45, 7) is 4.86. The summed E-state index contributed by atoms with van der Waals surface area (Å²) in [7, 11) is 2.30. The van der Waals surface area contributed by atoms with Crippen LogP contribution >= 0.6 is 0 Å². The van der Waals surface area contributed by atoms with Gasteiger partial charge < -0.3 is 10.2 Å². The average Bonchev–Trinajstić information content (AvgIpc) is 2.32. The first kappa shape index (κ1) is 13.4. The molecule has 0 heterocycles. The maximum Gasteiger partial charge on any atom is 0.0189 e. The predicted molar refractivity (Wildman–Crippen MR) is 74.3 cm³/mol. The smallest absolute Gasteiger partial charge is 0.0189 e. The third kappa shape index (κ3) is 4.26. The molecule has 0 radical (unpaired) electrons. The molecule has 2 heteroatoms. The Bertz CT molecular complexity index is 207. The summed E-state index contributed by atoms with van der Waals surface area (Å²) in [5.74, 6) is 0.997. The third-order valence-corrected chi connectivity index (χ3v) is 4.83. The van der Waals surface area contributed by atoms with Crippen molar-refractivity contribution in [2.24, 2.45) is 5.92 Å². The van der Waals surface area contributed by atoms with E-state index in [0.717, 1.165) is 12.0 Å². The number of likely N-dealkylation sites (N-methyl/N-ethyl adjacent to an activating group) is 1. The minimum absolute atomic E-state index is 0.692. The van der Waals surface area contributed by atoms with Crippen LogP contribution in [0.1, 0.15) is 58.3 Å². The van der Waals surface area contributed by atoms with E-state index in [0.29, 0.717) is 6.04 Å². The number of nitrogens with one attached hydrogen (secondary N) is 1. The Balaban J connectivity index is 1.59. The van der Waals surface area contributed by atoms with E-state index in [4.69, 9.17) is 0 Å². The van der Waals surface area contributed by atoms with Crippen molar-refractivity contribution < 1.29 is 0 Å². The summed E-state index contributed by atoms with van der Waals surface area (Å²) in [5.41, 5.74) is 0. The van der Waals surface area contributed by atoms with E-state index >= 15 is 0 Å². The Morgan fingerprint density at radius 2 is 1.76 bits per heavy atom. The molecule has 2 aliphatic carbocycles. The minimum atomic E-state index is 0.692. The van der Waals surface area contributed by atoms with E-state index in [9.17, 15) is 0 Å². The van der Waals surface area contributed by atoms with E-state index in [1.807, 2.05) is 0 Å². The van der Waals surface area contributed by atoms with Crippen molar-refractivity contribution in [3.63, 3.8) is 0 Å². The lowest BCUT2D eigenvalue weighted by molar-refractivity contribution is 0.163. The number of hydrogen-bond donors (Lipinski definition) is 1. The van der Waals surface area contributed by atoms with Gasteiger partial charge in [-0.15, -0.1) is 0 Å². The van der Waals surface area contributed by atoms with Crippen LogP contribution < -0.4 is 5.32 Å². The summed E-state index contributed by atoms with van der Waals surface area (Å²) in [6, 6.07) is 1.50. The van der Waals surface area contributed by atoms with Crippen molar-refractivity contribution in [3.8, 4) is 0 Å². The van der Waals surface area contributed by atoms with Gasteiger partial charge in [0.05, 0.1) is 0 Å². The summed E-state index contributed by atoms with van der Waals surface area (Å²) in [4.78, 5) is 2.56. The molecule has 2 nitrogen and oxygen atoms in total. The second-order valence-corrected chi connectivity index (χ2v) is 6.33. The zero-order valence-corrected chi connectivity index (χ0v) is 11.8. The van der Waals surface area contributed by atoms with Gasteiger partial charge in [0.2, 0.25) is 0 Å². The highest BCUT2D eigenvalue weighted by Gasteiger charge is 2.21. The van der Waals surface area contributed by atoms with Crippen molar-refractivity contribution in [1.29, 1.82) is 0 Å². The first-order valence-electron chi connectivity index (χ1n) is 7.69. The normalized spacial score (nSPS) is 24.9. The van der Waals surface area contributed by atoms with Gasteiger partial charge in [-0.05, 0) is 45.6 Å². The van der Waals surface area contributed by atoms with Gasteiger partial charge in [0, 0.05) is 25.2 Å². The monoisotopic (exact) mass is 238 g/mol. The molecule has 2 fully saturated rings. The van der Waals surface area contributed by atoms with Crippen LogP contribution in [-0.4, -0.2) is 37.1 Å². The Kier molecular flexibility index (Phi) is 5.30. The van der Waals surface area contributed by atoms with Gasteiger partial charge in [-0.1, -0.05) is 25.7 Å².